The molecule has 0 aliphatic carbocycles. The van der Waals surface area contributed by atoms with Crippen LogP contribution in [0.15, 0.2) is 12.7 Å². The van der Waals surface area contributed by atoms with Gasteiger partial charge >= 0.3 is 12.1 Å². The molecule has 102 valence electrons. The van der Waals surface area contributed by atoms with E-state index in [1.165, 1.54) is 18.1 Å². The van der Waals surface area contributed by atoms with Crippen LogP contribution in [0.2, 0.25) is 0 Å². The Balaban J connectivity index is 2.96. The van der Waals surface area contributed by atoms with E-state index < -0.39 is 23.2 Å². The van der Waals surface area contributed by atoms with E-state index in [2.05, 4.69) is 6.58 Å². The van der Waals surface area contributed by atoms with Crippen molar-refractivity contribution in [2.24, 2.45) is 0 Å². The summed E-state index contributed by atoms with van der Waals surface area (Å²) >= 11 is 0. The van der Waals surface area contributed by atoms with Crippen molar-refractivity contribution >= 4 is 12.1 Å². The Hall–Kier alpha value is -1.52. The highest BCUT2D eigenvalue weighted by atomic mass is 16.6. The number of likely N-dealkylation sites (tertiary alicyclic amines) is 1. The summed E-state index contributed by atoms with van der Waals surface area (Å²) in [5.41, 5.74) is -1.68. The molecule has 0 aromatic rings. The highest BCUT2D eigenvalue weighted by molar-refractivity contribution is 5.88. The lowest BCUT2D eigenvalue weighted by Gasteiger charge is -2.34. The standard InChI is InChI=1S/C13H21NO4/c1-6-13(10(15)17-5)8-7-9-14(13)11(16)18-12(2,3)4/h6H,1,7-9H2,2-5H3/t13-/m0/s1. The Morgan fingerprint density at radius 1 is 1.39 bits per heavy atom. The third-order valence-corrected chi connectivity index (χ3v) is 2.91. The van der Waals surface area contributed by atoms with Crippen LogP contribution in [-0.4, -0.2) is 41.8 Å². The van der Waals surface area contributed by atoms with E-state index in [-0.39, 0.29) is 0 Å². The summed E-state index contributed by atoms with van der Waals surface area (Å²) in [5.74, 6) is -0.471. The lowest BCUT2D eigenvalue weighted by atomic mass is 9.97. The summed E-state index contributed by atoms with van der Waals surface area (Å²) in [6, 6.07) is 0. The van der Waals surface area contributed by atoms with Crippen LogP contribution < -0.4 is 0 Å². The third kappa shape index (κ3) is 2.66. The lowest BCUT2D eigenvalue weighted by molar-refractivity contribution is -0.150. The molecule has 5 nitrogen and oxygen atoms in total. The van der Waals surface area contributed by atoms with E-state index in [0.29, 0.717) is 13.0 Å². The number of hydrogen-bond donors (Lipinski definition) is 0. The summed E-state index contributed by atoms with van der Waals surface area (Å²) in [4.78, 5) is 25.4. The van der Waals surface area contributed by atoms with Gasteiger partial charge in [-0.1, -0.05) is 6.08 Å². The molecular formula is C13H21NO4. The van der Waals surface area contributed by atoms with Gasteiger partial charge in [0.25, 0.3) is 0 Å². The van der Waals surface area contributed by atoms with E-state index in [1.807, 2.05) is 0 Å². The molecule has 1 atom stereocenters. The van der Waals surface area contributed by atoms with Crippen LogP contribution in [0.1, 0.15) is 33.6 Å². The Labute approximate surface area is 108 Å². The Kier molecular flexibility index (Phi) is 4.04. The molecule has 1 rings (SSSR count). The largest absolute Gasteiger partial charge is 0.467 e. The van der Waals surface area contributed by atoms with Gasteiger partial charge in [-0.2, -0.15) is 0 Å². The van der Waals surface area contributed by atoms with E-state index in [9.17, 15) is 9.59 Å². The van der Waals surface area contributed by atoms with E-state index in [0.717, 1.165) is 6.42 Å². The minimum atomic E-state index is -1.09. The minimum Gasteiger partial charge on any atom is -0.467 e. The molecular weight excluding hydrogens is 234 g/mol. The third-order valence-electron chi connectivity index (χ3n) is 2.91. The van der Waals surface area contributed by atoms with Gasteiger partial charge < -0.3 is 9.47 Å². The zero-order valence-electron chi connectivity index (χ0n) is 11.5. The Morgan fingerprint density at radius 3 is 2.44 bits per heavy atom. The molecule has 0 spiro atoms. The zero-order chi connectivity index (χ0) is 14.0. The molecule has 5 heteroatoms. The fourth-order valence-corrected chi connectivity index (χ4v) is 2.10. The van der Waals surface area contributed by atoms with Gasteiger partial charge in [0.2, 0.25) is 0 Å². The van der Waals surface area contributed by atoms with Crippen LogP contribution in [0.3, 0.4) is 0 Å². The van der Waals surface area contributed by atoms with Crippen molar-refractivity contribution in [2.45, 2.75) is 44.8 Å². The maximum atomic E-state index is 12.1. The molecule has 1 saturated heterocycles. The SMILES string of the molecule is C=C[C@@]1(C(=O)OC)CCCN1C(=O)OC(C)(C)C. The molecule has 1 aliphatic rings. The second-order valence-corrected chi connectivity index (χ2v) is 5.36. The normalized spacial score (nSPS) is 23.7. The first kappa shape index (κ1) is 14.5. The number of esters is 1. The quantitative estimate of drug-likeness (QED) is 0.560. The molecule has 1 aliphatic heterocycles. The number of nitrogens with zero attached hydrogens (tertiary/aromatic N) is 1. The van der Waals surface area contributed by atoms with E-state index in [1.54, 1.807) is 20.8 Å². The number of amides is 1. The maximum Gasteiger partial charge on any atom is 0.411 e. The second-order valence-electron chi connectivity index (χ2n) is 5.36. The first-order valence-electron chi connectivity index (χ1n) is 5.99. The zero-order valence-corrected chi connectivity index (χ0v) is 11.5. The summed E-state index contributed by atoms with van der Waals surface area (Å²) < 4.78 is 10.1. The van der Waals surface area contributed by atoms with Gasteiger partial charge in [0.15, 0.2) is 5.54 Å². The van der Waals surface area contributed by atoms with Crippen LogP contribution in [0.5, 0.6) is 0 Å². The summed E-state index contributed by atoms with van der Waals surface area (Å²) in [6.45, 7) is 9.49. The topological polar surface area (TPSA) is 55.8 Å². The lowest BCUT2D eigenvalue weighted by Crippen LogP contribution is -2.53. The smallest absolute Gasteiger partial charge is 0.411 e. The summed E-state index contributed by atoms with van der Waals surface area (Å²) in [7, 11) is 1.30. The van der Waals surface area contributed by atoms with Crippen molar-refractivity contribution in [3.63, 3.8) is 0 Å². The average Bonchev–Trinajstić information content (AvgIpc) is 2.70. The van der Waals surface area contributed by atoms with Crippen LogP contribution in [-0.2, 0) is 14.3 Å². The molecule has 0 N–H and O–H groups in total. The second kappa shape index (κ2) is 5.00. The number of carbonyl (C=O) groups excluding carboxylic acids is 2. The number of rotatable bonds is 2. The first-order valence-corrected chi connectivity index (χ1v) is 5.99. The highest BCUT2D eigenvalue weighted by Crippen LogP contribution is 2.33. The predicted molar refractivity (Wildman–Crippen MR) is 67.1 cm³/mol. The van der Waals surface area contributed by atoms with Crippen molar-refractivity contribution in [1.29, 1.82) is 0 Å². The molecule has 0 radical (unpaired) electrons. The van der Waals surface area contributed by atoms with Crippen molar-refractivity contribution in [3.8, 4) is 0 Å². The van der Waals surface area contributed by atoms with Crippen LogP contribution in [0.25, 0.3) is 0 Å². The van der Waals surface area contributed by atoms with Gasteiger partial charge in [-0.15, -0.1) is 6.58 Å². The van der Waals surface area contributed by atoms with Crippen molar-refractivity contribution in [1.82, 2.24) is 4.90 Å². The molecule has 1 amide bonds. The first-order chi connectivity index (χ1) is 8.27. The Morgan fingerprint density at radius 2 is 2.00 bits per heavy atom. The molecule has 0 aromatic carbocycles. The number of methoxy groups -OCH3 is 1. The Bertz CT molecular complexity index is 358. The molecule has 0 bridgehead atoms. The summed E-state index contributed by atoms with van der Waals surface area (Å²) in [6.07, 6.45) is 2.20. The van der Waals surface area contributed by atoms with Crippen molar-refractivity contribution in [3.05, 3.63) is 12.7 Å². The predicted octanol–water partition coefficient (Wildman–Crippen LogP) is 2.12. The fourth-order valence-electron chi connectivity index (χ4n) is 2.10. The monoisotopic (exact) mass is 255 g/mol. The van der Waals surface area contributed by atoms with Gasteiger partial charge in [0.1, 0.15) is 5.60 Å². The van der Waals surface area contributed by atoms with Crippen LogP contribution in [0, 0.1) is 0 Å². The van der Waals surface area contributed by atoms with Crippen molar-refractivity contribution < 1.29 is 19.1 Å². The van der Waals surface area contributed by atoms with Gasteiger partial charge in [-0.25, -0.2) is 9.59 Å². The number of hydrogen-bond acceptors (Lipinski definition) is 4. The maximum absolute atomic E-state index is 12.1. The minimum absolute atomic E-state index is 0.468. The van der Waals surface area contributed by atoms with E-state index >= 15 is 0 Å². The highest BCUT2D eigenvalue weighted by Gasteiger charge is 2.49. The van der Waals surface area contributed by atoms with Crippen LogP contribution in [0.4, 0.5) is 4.79 Å². The number of carbonyl (C=O) groups is 2. The molecule has 1 fully saturated rings. The van der Waals surface area contributed by atoms with E-state index in [4.69, 9.17) is 9.47 Å². The van der Waals surface area contributed by atoms with Crippen LogP contribution >= 0.6 is 0 Å². The molecule has 0 aromatic heterocycles. The van der Waals surface area contributed by atoms with Gasteiger partial charge in [-0.3, -0.25) is 4.90 Å². The van der Waals surface area contributed by atoms with Gasteiger partial charge in [-0.05, 0) is 33.6 Å². The molecule has 0 unspecified atom stereocenters. The molecule has 18 heavy (non-hydrogen) atoms. The average molecular weight is 255 g/mol. The molecule has 0 saturated carbocycles. The summed E-state index contributed by atoms with van der Waals surface area (Å²) in [5, 5.41) is 0. The van der Waals surface area contributed by atoms with Gasteiger partial charge in [0.05, 0.1) is 7.11 Å². The van der Waals surface area contributed by atoms with Crippen molar-refractivity contribution in [2.75, 3.05) is 13.7 Å². The number of ether oxygens (including phenoxy) is 2. The molecule has 1 heterocycles. The van der Waals surface area contributed by atoms with Gasteiger partial charge in [0, 0.05) is 6.54 Å². The fraction of sp³-hybridized carbons (Fsp3) is 0.692.